The van der Waals surface area contributed by atoms with E-state index in [4.69, 9.17) is 4.74 Å². The minimum Gasteiger partial charge on any atom is -0.489 e. The fourth-order valence-corrected chi connectivity index (χ4v) is 6.73. The van der Waals surface area contributed by atoms with E-state index in [0.717, 1.165) is 36.1 Å². The number of aliphatic hydroxyl groups is 2. The summed E-state index contributed by atoms with van der Waals surface area (Å²) in [5.74, 6) is 1.11. The maximum absolute atomic E-state index is 11.8. The number of aliphatic hydroxyl groups excluding tert-OH is 1. The van der Waals surface area contributed by atoms with Crippen LogP contribution in [-0.2, 0) is 30.5 Å². The Labute approximate surface area is 218 Å². The van der Waals surface area contributed by atoms with Crippen LogP contribution in [0.3, 0.4) is 0 Å². The van der Waals surface area contributed by atoms with Gasteiger partial charge in [0.2, 0.25) is 0 Å². The second-order valence-corrected chi connectivity index (χ2v) is 10.7. The molecule has 1 fully saturated rings. The number of nitrogens with zero attached hydrogens (tertiary/aromatic N) is 1. The monoisotopic (exact) mass is 491 g/mol. The van der Waals surface area contributed by atoms with Crippen LogP contribution < -0.4 is 4.74 Å². The molecule has 1 saturated carbocycles. The molecule has 2 aliphatic carbocycles. The van der Waals surface area contributed by atoms with Crippen molar-refractivity contribution in [2.75, 3.05) is 0 Å². The van der Waals surface area contributed by atoms with E-state index in [1.165, 1.54) is 16.7 Å². The molecule has 4 atom stereocenters. The molecular formula is C33H33NO3. The summed E-state index contributed by atoms with van der Waals surface area (Å²) in [6, 6.07) is 30.7. The lowest BCUT2D eigenvalue weighted by molar-refractivity contribution is -0.145. The smallest absolute Gasteiger partial charge is 0.120 e. The number of rotatable bonds is 6. The first-order valence-corrected chi connectivity index (χ1v) is 13.2. The van der Waals surface area contributed by atoms with E-state index in [0.29, 0.717) is 19.4 Å². The van der Waals surface area contributed by atoms with Crippen LogP contribution in [0.2, 0.25) is 0 Å². The van der Waals surface area contributed by atoms with Crippen molar-refractivity contribution in [1.29, 1.82) is 0 Å². The van der Waals surface area contributed by atoms with Crippen LogP contribution in [-0.4, -0.2) is 21.3 Å². The molecule has 0 spiro atoms. The maximum Gasteiger partial charge on any atom is 0.120 e. The minimum atomic E-state index is -1.24. The van der Waals surface area contributed by atoms with E-state index in [9.17, 15) is 10.2 Å². The first-order valence-electron chi connectivity index (χ1n) is 13.2. The SMILES string of the molecule is O[C@H]1C[C@@]2(Cc3ccccc3)c3ccc(OCc4ccncc4)cc3CC[C@@H]2CC1(O)c1ccccc1. The predicted octanol–water partition coefficient (Wildman–Crippen LogP) is 5.75. The van der Waals surface area contributed by atoms with E-state index in [1.807, 2.05) is 48.5 Å². The Morgan fingerprint density at radius 1 is 0.838 bits per heavy atom. The summed E-state index contributed by atoms with van der Waals surface area (Å²) in [5.41, 5.74) is 4.24. The van der Waals surface area contributed by atoms with Crippen LogP contribution in [0.15, 0.2) is 103 Å². The van der Waals surface area contributed by atoms with Gasteiger partial charge in [-0.25, -0.2) is 0 Å². The molecule has 0 amide bonds. The quantitative estimate of drug-likeness (QED) is 0.361. The highest BCUT2D eigenvalue weighted by Gasteiger charge is 2.56. The Morgan fingerprint density at radius 3 is 2.32 bits per heavy atom. The lowest BCUT2D eigenvalue weighted by Gasteiger charge is -2.55. The van der Waals surface area contributed by atoms with Crippen molar-refractivity contribution < 1.29 is 14.9 Å². The molecule has 4 heteroatoms. The van der Waals surface area contributed by atoms with Gasteiger partial charge in [0, 0.05) is 17.8 Å². The molecule has 4 nitrogen and oxygen atoms in total. The number of hydrogen-bond acceptors (Lipinski definition) is 4. The van der Waals surface area contributed by atoms with Gasteiger partial charge in [-0.05, 0) is 90.1 Å². The molecular weight excluding hydrogens is 458 g/mol. The number of benzene rings is 3. The minimum absolute atomic E-state index is 0.248. The highest BCUT2D eigenvalue weighted by Crippen LogP contribution is 2.56. The summed E-state index contributed by atoms with van der Waals surface area (Å²) in [6.45, 7) is 0.502. The summed E-state index contributed by atoms with van der Waals surface area (Å²) in [7, 11) is 0. The summed E-state index contributed by atoms with van der Waals surface area (Å²) < 4.78 is 6.14. The van der Waals surface area contributed by atoms with Gasteiger partial charge in [-0.3, -0.25) is 4.98 Å². The second kappa shape index (κ2) is 9.77. The van der Waals surface area contributed by atoms with Gasteiger partial charge in [0.15, 0.2) is 0 Å². The standard InChI is InChI=1S/C33H33NO3/c35-31-22-32(20-24-7-3-1-4-8-24)28(21-33(31,36)27-9-5-2-6-10-27)12-11-26-19-29(13-14-30(26)32)37-23-25-15-17-34-18-16-25/h1-10,13-19,28,31,35-36H,11-12,20-23H2/t28-,31+,32-,33?/m1/s1. The van der Waals surface area contributed by atoms with E-state index >= 15 is 0 Å². The van der Waals surface area contributed by atoms with Crippen molar-refractivity contribution in [3.05, 3.63) is 131 Å². The fourth-order valence-electron chi connectivity index (χ4n) is 6.73. The molecule has 4 aromatic rings. The van der Waals surface area contributed by atoms with Gasteiger partial charge >= 0.3 is 0 Å². The molecule has 37 heavy (non-hydrogen) atoms. The zero-order chi connectivity index (χ0) is 25.3. The van der Waals surface area contributed by atoms with Crippen LogP contribution in [0.4, 0.5) is 0 Å². The van der Waals surface area contributed by atoms with Crippen LogP contribution in [0.1, 0.15) is 47.1 Å². The van der Waals surface area contributed by atoms with Gasteiger partial charge in [0.1, 0.15) is 18.0 Å². The predicted molar refractivity (Wildman–Crippen MR) is 144 cm³/mol. The molecule has 2 aliphatic rings. The Morgan fingerprint density at radius 2 is 1.57 bits per heavy atom. The van der Waals surface area contributed by atoms with Crippen molar-refractivity contribution in [1.82, 2.24) is 4.98 Å². The molecule has 1 unspecified atom stereocenters. The zero-order valence-electron chi connectivity index (χ0n) is 21.0. The van der Waals surface area contributed by atoms with Crippen molar-refractivity contribution in [2.24, 2.45) is 5.92 Å². The van der Waals surface area contributed by atoms with Crippen molar-refractivity contribution in [3.8, 4) is 5.75 Å². The molecule has 0 bridgehead atoms. The highest BCUT2D eigenvalue weighted by atomic mass is 16.5. The average Bonchev–Trinajstić information content (AvgIpc) is 2.94. The lowest BCUT2D eigenvalue weighted by atomic mass is 9.51. The van der Waals surface area contributed by atoms with Crippen LogP contribution >= 0.6 is 0 Å². The number of ether oxygens (including phenoxy) is 1. The Bertz CT molecular complexity index is 1340. The molecule has 3 aromatic carbocycles. The molecule has 1 aromatic heterocycles. The third-order valence-electron chi connectivity index (χ3n) is 8.61. The third kappa shape index (κ3) is 4.45. The van der Waals surface area contributed by atoms with Crippen LogP contribution in [0, 0.1) is 5.92 Å². The molecule has 0 aliphatic heterocycles. The van der Waals surface area contributed by atoms with Gasteiger partial charge in [-0.2, -0.15) is 0 Å². The van der Waals surface area contributed by atoms with Gasteiger partial charge in [-0.15, -0.1) is 0 Å². The third-order valence-corrected chi connectivity index (χ3v) is 8.61. The Hall–Kier alpha value is -3.47. The van der Waals surface area contributed by atoms with Crippen molar-refractivity contribution >= 4 is 0 Å². The van der Waals surface area contributed by atoms with E-state index < -0.39 is 11.7 Å². The molecule has 2 N–H and O–H groups in total. The number of pyridine rings is 1. The summed E-state index contributed by atoms with van der Waals surface area (Å²) >= 11 is 0. The van der Waals surface area contributed by atoms with Gasteiger partial charge in [0.25, 0.3) is 0 Å². The zero-order valence-corrected chi connectivity index (χ0v) is 21.0. The second-order valence-electron chi connectivity index (χ2n) is 10.7. The van der Waals surface area contributed by atoms with Gasteiger partial charge in [-0.1, -0.05) is 66.7 Å². The highest BCUT2D eigenvalue weighted by molar-refractivity contribution is 5.46. The first-order chi connectivity index (χ1) is 18.1. The molecule has 0 saturated heterocycles. The number of hydrogen-bond donors (Lipinski definition) is 2. The Kier molecular flexibility index (Phi) is 6.31. The van der Waals surface area contributed by atoms with E-state index in [1.54, 1.807) is 12.4 Å². The normalized spacial score (nSPS) is 26.6. The number of aryl methyl sites for hydroxylation is 1. The van der Waals surface area contributed by atoms with Crippen LogP contribution in [0.25, 0.3) is 0 Å². The van der Waals surface area contributed by atoms with Gasteiger partial charge in [0.05, 0.1) is 6.10 Å². The first kappa shape index (κ1) is 23.9. The topological polar surface area (TPSA) is 62.6 Å². The number of fused-ring (bicyclic) bond motifs is 3. The van der Waals surface area contributed by atoms with E-state index in [2.05, 4.69) is 47.4 Å². The molecule has 6 rings (SSSR count). The van der Waals surface area contributed by atoms with Crippen molar-refractivity contribution in [2.45, 2.75) is 55.8 Å². The number of aromatic nitrogens is 1. The van der Waals surface area contributed by atoms with E-state index in [-0.39, 0.29) is 11.3 Å². The summed E-state index contributed by atoms with van der Waals surface area (Å²) in [4.78, 5) is 4.08. The largest absolute Gasteiger partial charge is 0.489 e. The fraction of sp³-hybridized carbons (Fsp3) is 0.303. The maximum atomic E-state index is 11.8. The van der Waals surface area contributed by atoms with Gasteiger partial charge < -0.3 is 14.9 Å². The van der Waals surface area contributed by atoms with Crippen molar-refractivity contribution in [3.63, 3.8) is 0 Å². The van der Waals surface area contributed by atoms with Crippen LogP contribution in [0.5, 0.6) is 5.75 Å². The molecule has 0 radical (unpaired) electrons. The lowest BCUT2D eigenvalue weighted by Crippen LogP contribution is -2.57. The summed E-state index contributed by atoms with van der Waals surface area (Å²) in [6.07, 6.45) is 6.51. The summed E-state index contributed by atoms with van der Waals surface area (Å²) in [5, 5.41) is 23.4. The average molecular weight is 492 g/mol. The molecule has 1 heterocycles. The Balaban J connectivity index is 1.36. The molecule has 188 valence electrons.